The molecule has 50 heavy (non-hydrogen) atoms. The summed E-state index contributed by atoms with van der Waals surface area (Å²) in [5, 5.41) is 0.0804. The van der Waals surface area contributed by atoms with Crippen molar-refractivity contribution >= 4 is 54.7 Å². The molecule has 262 valence electrons. The minimum atomic E-state index is -4.87. The maximum absolute atomic E-state index is 15.0. The van der Waals surface area contributed by atoms with E-state index in [1.165, 1.54) is 18.2 Å². The number of fused-ring (bicyclic) bond motifs is 3. The molecule has 0 spiro atoms. The Morgan fingerprint density at radius 2 is 1.98 bits per heavy atom. The van der Waals surface area contributed by atoms with Crippen LogP contribution in [0.2, 0.25) is 0 Å². The molecule has 15 heteroatoms. The number of rotatable bonds is 6. The maximum Gasteiger partial charge on any atom is 0.417 e. The largest absolute Gasteiger partial charge is 0.461 e. The quantitative estimate of drug-likeness (QED) is 0.127. The van der Waals surface area contributed by atoms with Gasteiger partial charge in [0.05, 0.1) is 32.9 Å². The second-order valence-corrected chi connectivity index (χ2v) is 14.4. The lowest BCUT2D eigenvalue weighted by molar-refractivity contribution is -0.137. The number of carbonyl (C=O) groups is 1. The van der Waals surface area contributed by atoms with Crippen LogP contribution in [0.5, 0.6) is 6.01 Å². The monoisotopic (exact) mass is 711 g/mol. The zero-order chi connectivity index (χ0) is 35.7. The molecule has 0 saturated carbocycles. The molecular formula is C35H34F5N7O2S. The summed E-state index contributed by atoms with van der Waals surface area (Å²) in [6, 6.07) is 3.74. The lowest BCUT2D eigenvalue weighted by atomic mass is 9.94. The van der Waals surface area contributed by atoms with Gasteiger partial charge in [-0.05, 0) is 68.6 Å². The van der Waals surface area contributed by atoms with E-state index in [-0.39, 0.29) is 92.3 Å². The van der Waals surface area contributed by atoms with Crippen LogP contribution in [0.1, 0.15) is 38.7 Å². The highest BCUT2D eigenvalue weighted by Gasteiger charge is 2.49. The number of thiophene rings is 1. The van der Waals surface area contributed by atoms with E-state index < -0.39 is 29.3 Å². The standard InChI is InChI=1S/C35H34F5N7O2S/c1-5-27(48)46-14-19(3)47(15-18(46)2)32-23-11-24(35(38,39)40)22(21-7-8-25(37)30-28(21)29(42-4)31(41)50-30)12-26(23)43-33(44-32)49-17-34-9-6-10-45(34)16-20(36)13-34/h5,7-8,11-12,18-20H,1,6,9-10,13-17,41H2,2-3H3. The Bertz CT molecular complexity index is 2080. The lowest BCUT2D eigenvalue weighted by Gasteiger charge is -2.44. The molecule has 3 saturated heterocycles. The van der Waals surface area contributed by atoms with Crippen molar-refractivity contribution in [3.8, 4) is 17.1 Å². The van der Waals surface area contributed by atoms with Gasteiger partial charge < -0.3 is 20.3 Å². The van der Waals surface area contributed by atoms with Gasteiger partial charge in [-0.25, -0.2) is 13.6 Å². The minimum Gasteiger partial charge on any atom is -0.461 e. The van der Waals surface area contributed by atoms with Crippen molar-refractivity contribution in [1.82, 2.24) is 19.8 Å². The Labute approximate surface area is 288 Å². The average molecular weight is 712 g/mol. The number of halogens is 5. The normalized spacial score (nSPS) is 24.2. The fraction of sp³-hybridized carbons (Fsp3) is 0.429. The molecule has 4 unspecified atom stereocenters. The van der Waals surface area contributed by atoms with Crippen molar-refractivity contribution < 1.29 is 31.5 Å². The summed E-state index contributed by atoms with van der Waals surface area (Å²) in [6.45, 7) is 16.6. The molecule has 3 aliphatic rings. The molecule has 9 nitrogen and oxygen atoms in total. The van der Waals surface area contributed by atoms with Gasteiger partial charge in [0.25, 0.3) is 0 Å². The third-order valence-corrected chi connectivity index (χ3v) is 11.3. The smallest absolute Gasteiger partial charge is 0.417 e. The highest BCUT2D eigenvalue weighted by molar-refractivity contribution is 7.23. The molecule has 2 aromatic carbocycles. The Kier molecular flexibility index (Phi) is 8.38. The first-order valence-electron chi connectivity index (χ1n) is 16.3. The Morgan fingerprint density at radius 1 is 1.20 bits per heavy atom. The predicted octanol–water partition coefficient (Wildman–Crippen LogP) is 7.37. The molecule has 0 bridgehead atoms. The van der Waals surface area contributed by atoms with Gasteiger partial charge in [-0.15, -0.1) is 11.3 Å². The van der Waals surface area contributed by atoms with Gasteiger partial charge >= 0.3 is 12.2 Å². The van der Waals surface area contributed by atoms with Crippen molar-refractivity contribution in [1.29, 1.82) is 0 Å². The van der Waals surface area contributed by atoms with Gasteiger partial charge in [0.2, 0.25) is 11.6 Å². The summed E-state index contributed by atoms with van der Waals surface area (Å²) in [5.41, 5.74) is 4.13. The molecule has 0 aliphatic carbocycles. The van der Waals surface area contributed by atoms with Crippen molar-refractivity contribution in [2.75, 3.05) is 43.4 Å². The third kappa shape index (κ3) is 5.58. The molecule has 3 aliphatic heterocycles. The van der Waals surface area contributed by atoms with Crippen molar-refractivity contribution in [3.63, 3.8) is 0 Å². The van der Waals surface area contributed by atoms with Crippen LogP contribution < -0.4 is 15.4 Å². The molecule has 4 atom stereocenters. The van der Waals surface area contributed by atoms with Crippen molar-refractivity contribution in [2.24, 2.45) is 0 Å². The molecule has 7 rings (SSSR count). The van der Waals surface area contributed by atoms with E-state index in [9.17, 15) is 13.6 Å². The van der Waals surface area contributed by atoms with Crippen LogP contribution in [-0.2, 0) is 11.0 Å². The van der Waals surface area contributed by atoms with E-state index in [1.54, 1.807) is 4.90 Å². The average Bonchev–Trinajstić information content (AvgIpc) is 3.72. The third-order valence-electron chi connectivity index (χ3n) is 10.2. The van der Waals surface area contributed by atoms with Crippen LogP contribution in [0, 0.1) is 12.4 Å². The topological polar surface area (TPSA) is 92.2 Å². The number of hydrogen-bond donors (Lipinski definition) is 1. The summed E-state index contributed by atoms with van der Waals surface area (Å²) in [7, 11) is 0. The van der Waals surface area contributed by atoms with Gasteiger partial charge in [0.15, 0.2) is 0 Å². The van der Waals surface area contributed by atoms with E-state index in [0.717, 1.165) is 42.9 Å². The minimum absolute atomic E-state index is 0.00376. The summed E-state index contributed by atoms with van der Waals surface area (Å²) < 4.78 is 80.8. The summed E-state index contributed by atoms with van der Waals surface area (Å²) in [4.78, 5) is 30.9. The molecule has 2 aromatic heterocycles. The molecule has 3 fully saturated rings. The second kappa shape index (κ2) is 12.3. The van der Waals surface area contributed by atoms with Gasteiger partial charge in [-0.1, -0.05) is 12.6 Å². The van der Waals surface area contributed by atoms with E-state index in [1.807, 2.05) is 18.7 Å². The number of hydrogen-bond acceptors (Lipinski definition) is 8. The molecule has 5 heterocycles. The van der Waals surface area contributed by atoms with Crippen LogP contribution in [0.25, 0.3) is 37.0 Å². The fourth-order valence-electron chi connectivity index (χ4n) is 7.88. The first kappa shape index (κ1) is 33.9. The Balaban J connectivity index is 1.42. The molecular weight excluding hydrogens is 677 g/mol. The summed E-state index contributed by atoms with van der Waals surface area (Å²) in [5.74, 6) is -0.773. The number of nitrogens with zero attached hydrogens (tertiary/aromatic N) is 6. The van der Waals surface area contributed by atoms with E-state index >= 15 is 13.2 Å². The van der Waals surface area contributed by atoms with Crippen molar-refractivity contribution in [2.45, 2.75) is 63.1 Å². The van der Waals surface area contributed by atoms with Crippen LogP contribution in [-0.4, -0.2) is 82.3 Å². The highest BCUT2D eigenvalue weighted by atomic mass is 32.1. The SMILES string of the molecule is [C-]#[N+]c1c(N)sc2c(F)ccc(-c3cc4nc(OCC56CCCN5CC(F)C6)nc(N5CC(C)N(C(=O)C=C)CC5C)c4cc3C(F)(F)F)c12. The first-order chi connectivity index (χ1) is 23.7. The van der Waals surface area contributed by atoms with E-state index in [2.05, 4.69) is 21.3 Å². The molecule has 0 radical (unpaired) electrons. The number of nitrogens with two attached hydrogens (primary N) is 1. The second-order valence-electron chi connectivity index (χ2n) is 13.4. The first-order valence-corrected chi connectivity index (χ1v) is 17.1. The van der Waals surface area contributed by atoms with Crippen LogP contribution in [0.15, 0.2) is 36.9 Å². The zero-order valence-electron chi connectivity index (χ0n) is 27.4. The number of nitrogen functional groups attached to an aromatic ring is 1. The molecule has 4 aromatic rings. The van der Waals surface area contributed by atoms with E-state index in [4.69, 9.17) is 22.0 Å². The maximum atomic E-state index is 15.0. The molecule has 2 N–H and O–H groups in total. The van der Waals surface area contributed by atoms with Gasteiger partial charge in [0, 0.05) is 48.9 Å². The zero-order valence-corrected chi connectivity index (χ0v) is 28.2. The number of aromatic nitrogens is 2. The number of anilines is 2. The van der Waals surface area contributed by atoms with Gasteiger partial charge in [-0.3, -0.25) is 9.69 Å². The number of carbonyl (C=O) groups excluding carboxylic acids is 1. The number of ether oxygens (including phenoxy) is 1. The Morgan fingerprint density at radius 3 is 2.70 bits per heavy atom. The number of piperazine rings is 1. The number of benzene rings is 2. The van der Waals surface area contributed by atoms with Gasteiger partial charge in [-0.2, -0.15) is 23.1 Å². The van der Waals surface area contributed by atoms with Crippen LogP contribution in [0.3, 0.4) is 0 Å². The van der Waals surface area contributed by atoms with E-state index in [0.29, 0.717) is 13.0 Å². The predicted molar refractivity (Wildman–Crippen MR) is 183 cm³/mol. The Hall–Kier alpha value is -4.55. The highest BCUT2D eigenvalue weighted by Crippen LogP contribution is 2.50. The fourth-order valence-corrected chi connectivity index (χ4v) is 8.82. The van der Waals surface area contributed by atoms with Gasteiger partial charge in [0.1, 0.15) is 24.4 Å². The number of alkyl halides is 4. The molecule has 1 amide bonds. The number of amides is 1. The van der Waals surface area contributed by atoms with Crippen molar-refractivity contribution in [3.05, 3.63) is 59.7 Å². The summed E-state index contributed by atoms with van der Waals surface area (Å²) in [6.07, 6.45) is -2.72. The summed E-state index contributed by atoms with van der Waals surface area (Å²) >= 11 is 0.800. The lowest BCUT2D eigenvalue weighted by Crippen LogP contribution is -2.58. The van der Waals surface area contributed by atoms with Crippen LogP contribution in [0.4, 0.5) is 38.5 Å². The van der Waals surface area contributed by atoms with Crippen LogP contribution >= 0.6 is 11.3 Å².